The van der Waals surface area contributed by atoms with Gasteiger partial charge in [0.15, 0.2) is 5.82 Å². The molecule has 112 valence electrons. The summed E-state index contributed by atoms with van der Waals surface area (Å²) in [6.45, 7) is 5.17. The lowest BCUT2D eigenvalue weighted by molar-refractivity contribution is 0.416. The molecule has 1 aliphatic rings. The number of benzene rings is 1. The van der Waals surface area contributed by atoms with Crippen molar-refractivity contribution in [1.29, 1.82) is 0 Å². The predicted molar refractivity (Wildman–Crippen MR) is 88.3 cm³/mol. The van der Waals surface area contributed by atoms with E-state index in [1.807, 2.05) is 12.1 Å². The second-order valence-electron chi connectivity index (χ2n) is 5.66. The van der Waals surface area contributed by atoms with Crippen LogP contribution in [-0.2, 0) is 0 Å². The maximum Gasteiger partial charge on any atom is 0.245 e. The van der Waals surface area contributed by atoms with E-state index in [-0.39, 0.29) is 12.1 Å². The van der Waals surface area contributed by atoms with Gasteiger partial charge in [0.05, 0.1) is 0 Å². The molecule has 1 aromatic heterocycles. The lowest BCUT2D eigenvalue weighted by atomic mass is 9.99. The van der Waals surface area contributed by atoms with Gasteiger partial charge >= 0.3 is 0 Å². The Morgan fingerprint density at radius 3 is 3.05 bits per heavy atom. The molecule has 0 bridgehead atoms. The predicted octanol–water partition coefficient (Wildman–Crippen LogP) is 2.86. The van der Waals surface area contributed by atoms with Gasteiger partial charge in [-0.25, -0.2) is 0 Å². The number of hydrogen-bond donors (Lipinski definition) is 2. The highest BCUT2D eigenvalue weighted by molar-refractivity contribution is 9.10. The number of halogens is 1. The van der Waals surface area contributed by atoms with Crippen molar-refractivity contribution in [3.05, 3.63) is 28.2 Å². The van der Waals surface area contributed by atoms with Crippen molar-refractivity contribution in [3.63, 3.8) is 0 Å². The molecule has 0 radical (unpaired) electrons. The fraction of sp³-hybridized carbons (Fsp3) is 0.467. The van der Waals surface area contributed by atoms with Gasteiger partial charge in [-0.2, -0.15) is 4.98 Å². The maximum absolute atomic E-state index is 6.15. The molecule has 0 spiro atoms. The number of nitrogens with two attached hydrogens (primary N) is 1. The summed E-state index contributed by atoms with van der Waals surface area (Å²) in [6.07, 6.45) is 2.15. The number of nitrogens with zero attached hydrogens (tertiary/aromatic N) is 3. The van der Waals surface area contributed by atoms with Crippen LogP contribution in [0.4, 0.5) is 5.95 Å². The quantitative estimate of drug-likeness (QED) is 0.874. The Balaban J connectivity index is 1.91. The summed E-state index contributed by atoms with van der Waals surface area (Å²) in [6, 6.07) is 6.58. The summed E-state index contributed by atoms with van der Waals surface area (Å²) in [5, 5.41) is 7.43. The molecule has 21 heavy (non-hydrogen) atoms. The zero-order valence-electron chi connectivity index (χ0n) is 12.3. The van der Waals surface area contributed by atoms with Crippen LogP contribution in [0.25, 0.3) is 11.4 Å². The number of nitrogens with one attached hydrogen (secondary N) is 1. The Labute approximate surface area is 133 Å². The number of piperidine rings is 1. The summed E-state index contributed by atoms with van der Waals surface area (Å²) in [7, 11) is 0. The molecule has 3 rings (SSSR count). The maximum atomic E-state index is 6.15. The Morgan fingerprint density at radius 1 is 1.43 bits per heavy atom. The second kappa shape index (κ2) is 5.77. The van der Waals surface area contributed by atoms with E-state index in [0.717, 1.165) is 41.2 Å². The topological polar surface area (TPSA) is 70.8 Å². The van der Waals surface area contributed by atoms with Gasteiger partial charge < -0.3 is 10.6 Å². The third-order valence-corrected chi connectivity index (χ3v) is 5.28. The normalized spacial score (nSPS) is 22.6. The van der Waals surface area contributed by atoms with Crippen LogP contribution in [0.5, 0.6) is 0 Å². The van der Waals surface area contributed by atoms with E-state index in [4.69, 9.17) is 5.73 Å². The molecule has 1 aliphatic heterocycles. The molecule has 1 aromatic carbocycles. The summed E-state index contributed by atoms with van der Waals surface area (Å²) in [4.78, 5) is 6.86. The smallest absolute Gasteiger partial charge is 0.245 e. The van der Waals surface area contributed by atoms with Gasteiger partial charge in [0.25, 0.3) is 0 Å². The monoisotopic (exact) mass is 349 g/mol. The number of aromatic amines is 1. The standard InChI is InChI=1S/C15H20BrN5/c1-9-5-3-6-11(13(9)16)14-18-15(20-19-14)21-8-4-7-12(17)10(21)2/h3,5-6,10,12H,4,7-8,17H2,1-2H3,(H,18,19,20). The molecular formula is C15H20BrN5. The van der Waals surface area contributed by atoms with Crippen molar-refractivity contribution in [3.8, 4) is 11.4 Å². The molecular weight excluding hydrogens is 330 g/mol. The highest BCUT2D eigenvalue weighted by Crippen LogP contribution is 2.30. The molecule has 2 heterocycles. The lowest BCUT2D eigenvalue weighted by Gasteiger charge is -2.36. The first-order valence-electron chi connectivity index (χ1n) is 7.28. The van der Waals surface area contributed by atoms with E-state index in [1.165, 1.54) is 5.56 Å². The highest BCUT2D eigenvalue weighted by Gasteiger charge is 2.28. The summed E-state index contributed by atoms with van der Waals surface area (Å²) < 4.78 is 1.05. The van der Waals surface area contributed by atoms with Gasteiger partial charge in [-0.3, -0.25) is 5.10 Å². The van der Waals surface area contributed by atoms with Crippen LogP contribution < -0.4 is 10.6 Å². The highest BCUT2D eigenvalue weighted by atomic mass is 79.9. The van der Waals surface area contributed by atoms with E-state index < -0.39 is 0 Å². The molecule has 1 fully saturated rings. The van der Waals surface area contributed by atoms with E-state index in [9.17, 15) is 0 Å². The summed E-state index contributed by atoms with van der Waals surface area (Å²) in [5.74, 6) is 1.52. The Bertz CT molecular complexity index is 639. The van der Waals surface area contributed by atoms with E-state index >= 15 is 0 Å². The molecule has 2 unspecified atom stereocenters. The fourth-order valence-corrected chi connectivity index (χ4v) is 3.24. The number of aromatic nitrogens is 3. The Hall–Kier alpha value is -1.40. The molecule has 3 N–H and O–H groups in total. The number of aryl methyl sites for hydroxylation is 1. The van der Waals surface area contributed by atoms with E-state index in [2.05, 4.69) is 55.9 Å². The SMILES string of the molecule is Cc1cccc(-c2nc(N3CCCC(N)C3C)n[nH]2)c1Br. The molecule has 6 heteroatoms. The van der Waals surface area contributed by atoms with Crippen molar-refractivity contribution < 1.29 is 0 Å². The average molecular weight is 350 g/mol. The molecule has 5 nitrogen and oxygen atoms in total. The minimum Gasteiger partial charge on any atom is -0.335 e. The molecule has 0 amide bonds. The van der Waals surface area contributed by atoms with Gasteiger partial charge in [-0.15, -0.1) is 5.10 Å². The number of hydrogen-bond acceptors (Lipinski definition) is 4. The molecule has 2 aromatic rings. The first-order chi connectivity index (χ1) is 10.1. The summed E-state index contributed by atoms with van der Waals surface area (Å²) >= 11 is 3.62. The molecule has 1 saturated heterocycles. The number of anilines is 1. The van der Waals surface area contributed by atoms with Crippen molar-refractivity contribution in [2.75, 3.05) is 11.4 Å². The first kappa shape index (κ1) is 14.5. The van der Waals surface area contributed by atoms with Gasteiger partial charge in [0.1, 0.15) is 0 Å². The Morgan fingerprint density at radius 2 is 2.24 bits per heavy atom. The van der Waals surface area contributed by atoms with Crippen molar-refractivity contribution in [2.45, 2.75) is 38.8 Å². The fourth-order valence-electron chi connectivity index (χ4n) is 2.79. The first-order valence-corrected chi connectivity index (χ1v) is 8.07. The molecule has 0 saturated carbocycles. The molecule has 2 atom stereocenters. The summed E-state index contributed by atoms with van der Waals surface area (Å²) in [5.41, 5.74) is 8.36. The van der Waals surface area contributed by atoms with Crippen molar-refractivity contribution >= 4 is 21.9 Å². The Kier molecular flexibility index (Phi) is 3.99. The third-order valence-electron chi connectivity index (χ3n) is 4.23. The minimum absolute atomic E-state index is 0.186. The lowest BCUT2D eigenvalue weighted by Crippen LogP contribution is -2.50. The van der Waals surface area contributed by atoms with Gasteiger partial charge in [0, 0.05) is 28.7 Å². The van der Waals surface area contributed by atoms with Crippen molar-refractivity contribution in [1.82, 2.24) is 15.2 Å². The third kappa shape index (κ3) is 2.70. The van der Waals surface area contributed by atoms with Crippen LogP contribution in [0, 0.1) is 6.92 Å². The number of H-pyrrole nitrogens is 1. The number of rotatable bonds is 2. The van der Waals surface area contributed by atoms with Crippen LogP contribution >= 0.6 is 15.9 Å². The second-order valence-corrected chi connectivity index (χ2v) is 6.45. The van der Waals surface area contributed by atoms with Crippen LogP contribution in [0.2, 0.25) is 0 Å². The average Bonchev–Trinajstić information content (AvgIpc) is 2.94. The van der Waals surface area contributed by atoms with Gasteiger partial charge in [-0.1, -0.05) is 18.2 Å². The van der Waals surface area contributed by atoms with Gasteiger partial charge in [-0.05, 0) is 48.2 Å². The largest absolute Gasteiger partial charge is 0.335 e. The van der Waals surface area contributed by atoms with Gasteiger partial charge in [0.2, 0.25) is 5.95 Å². The van der Waals surface area contributed by atoms with Crippen LogP contribution in [0.3, 0.4) is 0 Å². The van der Waals surface area contributed by atoms with Crippen molar-refractivity contribution in [2.24, 2.45) is 5.73 Å². The van der Waals surface area contributed by atoms with Crippen LogP contribution in [-0.4, -0.2) is 33.8 Å². The molecule has 0 aliphatic carbocycles. The van der Waals surface area contributed by atoms with Crippen LogP contribution in [0.1, 0.15) is 25.3 Å². The minimum atomic E-state index is 0.186. The zero-order valence-corrected chi connectivity index (χ0v) is 13.9. The van der Waals surface area contributed by atoms with E-state index in [1.54, 1.807) is 0 Å². The zero-order chi connectivity index (χ0) is 15.0. The van der Waals surface area contributed by atoms with E-state index in [0.29, 0.717) is 0 Å². The van der Waals surface area contributed by atoms with Crippen LogP contribution in [0.15, 0.2) is 22.7 Å².